The first kappa shape index (κ1) is 26.3. The smallest absolute Gasteiger partial charge is 0.193 e. The molecule has 0 fully saturated rings. The van der Waals surface area contributed by atoms with Crippen LogP contribution < -0.4 is 9.47 Å². The van der Waals surface area contributed by atoms with Gasteiger partial charge in [0.2, 0.25) is 0 Å². The number of carbonyl (C=O) groups is 2. The second kappa shape index (κ2) is 11.7. The maximum absolute atomic E-state index is 12.0. The fraction of sp³-hybridized carbons (Fsp3) is 0.417. The number of aliphatic hydroxyl groups is 2. The summed E-state index contributed by atoms with van der Waals surface area (Å²) in [6.07, 6.45) is 0. The molecule has 32 heavy (non-hydrogen) atoms. The molecule has 2 aromatic rings. The molecular formula is C24H30O6S2. The molecule has 0 radical (unpaired) electrons. The molecular weight excluding hydrogens is 448 g/mol. The first-order valence-electron chi connectivity index (χ1n) is 10.2. The Morgan fingerprint density at radius 1 is 0.688 bits per heavy atom. The summed E-state index contributed by atoms with van der Waals surface area (Å²) in [6.45, 7) is 6.95. The third-order valence-electron chi connectivity index (χ3n) is 4.30. The van der Waals surface area contributed by atoms with Gasteiger partial charge in [-0.1, -0.05) is 21.6 Å². The van der Waals surface area contributed by atoms with E-state index in [-0.39, 0.29) is 11.6 Å². The summed E-state index contributed by atoms with van der Waals surface area (Å²) in [5.41, 5.74) is -1.87. The van der Waals surface area contributed by atoms with Crippen molar-refractivity contribution >= 4 is 33.2 Å². The summed E-state index contributed by atoms with van der Waals surface area (Å²) in [6, 6.07) is 13.5. The minimum absolute atomic E-state index is 0.322. The molecule has 0 aliphatic rings. The van der Waals surface area contributed by atoms with Crippen LogP contribution in [0.1, 0.15) is 48.4 Å². The second-order valence-electron chi connectivity index (χ2n) is 8.17. The van der Waals surface area contributed by atoms with Gasteiger partial charge in [-0.3, -0.25) is 9.59 Å². The van der Waals surface area contributed by atoms with E-state index in [1.165, 1.54) is 27.7 Å². The van der Waals surface area contributed by atoms with Gasteiger partial charge in [0, 0.05) is 22.6 Å². The highest BCUT2D eigenvalue weighted by Crippen LogP contribution is 2.23. The van der Waals surface area contributed by atoms with Gasteiger partial charge in [0.15, 0.2) is 11.6 Å². The van der Waals surface area contributed by atoms with Crippen molar-refractivity contribution in [1.29, 1.82) is 0 Å². The molecule has 0 saturated heterocycles. The van der Waals surface area contributed by atoms with Crippen LogP contribution in [-0.2, 0) is 0 Å². The van der Waals surface area contributed by atoms with Crippen LogP contribution in [0.3, 0.4) is 0 Å². The van der Waals surface area contributed by atoms with E-state index in [2.05, 4.69) is 0 Å². The van der Waals surface area contributed by atoms with Crippen LogP contribution in [-0.4, -0.2) is 57.7 Å². The van der Waals surface area contributed by atoms with Gasteiger partial charge < -0.3 is 19.7 Å². The Morgan fingerprint density at radius 3 is 1.28 bits per heavy atom. The van der Waals surface area contributed by atoms with Gasteiger partial charge in [0.1, 0.15) is 22.7 Å². The first-order valence-corrected chi connectivity index (χ1v) is 12.7. The van der Waals surface area contributed by atoms with Crippen molar-refractivity contribution in [1.82, 2.24) is 0 Å². The average Bonchev–Trinajstić information content (AvgIpc) is 2.74. The van der Waals surface area contributed by atoms with Crippen molar-refractivity contribution in [3.63, 3.8) is 0 Å². The Hall–Kier alpha value is -2.00. The van der Waals surface area contributed by atoms with Crippen molar-refractivity contribution in [2.24, 2.45) is 0 Å². The molecule has 0 heterocycles. The predicted molar refractivity (Wildman–Crippen MR) is 130 cm³/mol. The molecule has 2 rings (SSSR count). The molecule has 2 N–H and O–H groups in total. The SMILES string of the molecule is CC(C)(O)C(=O)c1ccc(OCCSSCCOc2ccc(C(=O)C(C)(C)O)cc2)cc1. The minimum atomic E-state index is -1.39. The van der Waals surface area contributed by atoms with E-state index in [9.17, 15) is 19.8 Å². The second-order valence-corrected chi connectivity index (χ2v) is 10.9. The molecule has 0 atom stereocenters. The number of ketones is 2. The molecule has 0 aliphatic carbocycles. The molecule has 0 amide bonds. The van der Waals surface area contributed by atoms with Gasteiger partial charge in [-0.2, -0.15) is 0 Å². The summed E-state index contributed by atoms with van der Waals surface area (Å²) in [7, 11) is 3.36. The van der Waals surface area contributed by atoms with Gasteiger partial charge in [0.05, 0.1) is 13.2 Å². The van der Waals surface area contributed by atoms with Gasteiger partial charge in [-0.15, -0.1) is 0 Å². The monoisotopic (exact) mass is 478 g/mol. The fourth-order valence-electron chi connectivity index (χ4n) is 2.62. The maximum Gasteiger partial charge on any atom is 0.193 e. The summed E-state index contributed by atoms with van der Waals surface area (Å²) < 4.78 is 11.3. The van der Waals surface area contributed by atoms with Crippen LogP contribution in [0.15, 0.2) is 48.5 Å². The molecule has 8 heteroatoms. The Kier molecular flexibility index (Phi) is 9.64. The molecule has 2 aromatic carbocycles. The van der Waals surface area contributed by atoms with Crippen molar-refractivity contribution in [2.75, 3.05) is 24.7 Å². The number of carbonyl (C=O) groups excluding carboxylic acids is 2. The van der Waals surface area contributed by atoms with E-state index < -0.39 is 11.2 Å². The third-order valence-corrected chi connectivity index (χ3v) is 6.63. The minimum Gasteiger partial charge on any atom is -0.493 e. The standard InChI is InChI=1S/C24H30O6S2/c1-23(2,27)21(25)17-5-9-19(10-6-17)29-13-15-31-32-16-14-30-20-11-7-18(8-12-20)22(26)24(3,4)28/h5-12,27-28H,13-16H2,1-4H3. The Bertz CT molecular complexity index is 805. The summed E-state index contributed by atoms with van der Waals surface area (Å²) in [5, 5.41) is 19.6. The zero-order valence-corrected chi connectivity index (χ0v) is 20.4. The molecule has 0 saturated carbocycles. The summed E-state index contributed by atoms with van der Waals surface area (Å²) >= 11 is 0. The van der Waals surface area contributed by atoms with E-state index >= 15 is 0 Å². The van der Waals surface area contributed by atoms with Crippen molar-refractivity contribution < 1.29 is 29.3 Å². The van der Waals surface area contributed by atoms with Crippen LogP contribution >= 0.6 is 21.6 Å². The molecule has 0 aromatic heterocycles. The van der Waals surface area contributed by atoms with Gasteiger partial charge in [0.25, 0.3) is 0 Å². The molecule has 6 nitrogen and oxygen atoms in total. The van der Waals surface area contributed by atoms with Crippen LogP contribution in [0.4, 0.5) is 0 Å². The lowest BCUT2D eigenvalue weighted by Crippen LogP contribution is -2.30. The highest BCUT2D eigenvalue weighted by molar-refractivity contribution is 8.76. The number of benzene rings is 2. The Labute approximate surface area is 197 Å². The van der Waals surface area contributed by atoms with Gasteiger partial charge >= 0.3 is 0 Å². The first-order chi connectivity index (χ1) is 15.0. The van der Waals surface area contributed by atoms with E-state index in [1.807, 2.05) is 0 Å². The average molecular weight is 479 g/mol. The Morgan fingerprint density at radius 2 is 1.00 bits per heavy atom. The quantitative estimate of drug-likeness (QED) is 0.248. The highest BCUT2D eigenvalue weighted by atomic mass is 33.1. The van der Waals surface area contributed by atoms with Crippen LogP contribution in [0, 0.1) is 0 Å². The zero-order chi connectivity index (χ0) is 23.8. The summed E-state index contributed by atoms with van der Waals surface area (Å²) in [4.78, 5) is 24.0. The lowest BCUT2D eigenvalue weighted by atomic mass is 9.97. The Balaban J connectivity index is 1.59. The van der Waals surface area contributed by atoms with E-state index in [4.69, 9.17) is 9.47 Å². The van der Waals surface area contributed by atoms with Crippen molar-refractivity contribution in [2.45, 2.75) is 38.9 Å². The van der Waals surface area contributed by atoms with Crippen LogP contribution in [0.2, 0.25) is 0 Å². The molecule has 0 unspecified atom stereocenters. The zero-order valence-electron chi connectivity index (χ0n) is 18.8. The highest BCUT2D eigenvalue weighted by Gasteiger charge is 2.25. The normalized spacial score (nSPS) is 11.8. The lowest BCUT2D eigenvalue weighted by molar-refractivity contribution is 0.0487. The fourth-order valence-corrected chi connectivity index (χ4v) is 4.27. The summed E-state index contributed by atoms with van der Waals surface area (Å²) in [5.74, 6) is 2.30. The van der Waals surface area contributed by atoms with Crippen LogP contribution in [0.5, 0.6) is 11.5 Å². The van der Waals surface area contributed by atoms with Gasteiger partial charge in [-0.05, 0) is 76.2 Å². The number of hydrogen-bond donors (Lipinski definition) is 2. The maximum atomic E-state index is 12.0. The third kappa shape index (κ3) is 8.50. The molecule has 0 bridgehead atoms. The number of rotatable bonds is 13. The van der Waals surface area contributed by atoms with Gasteiger partial charge in [-0.25, -0.2) is 0 Å². The van der Waals surface area contributed by atoms with E-state index in [0.29, 0.717) is 35.8 Å². The molecule has 0 spiro atoms. The number of hydrogen-bond acceptors (Lipinski definition) is 8. The molecule has 174 valence electrons. The number of Topliss-reactive ketones (excluding diaryl/α,β-unsaturated/α-hetero) is 2. The van der Waals surface area contributed by atoms with Crippen molar-refractivity contribution in [3.8, 4) is 11.5 Å². The lowest BCUT2D eigenvalue weighted by Gasteiger charge is -2.15. The topological polar surface area (TPSA) is 93.1 Å². The van der Waals surface area contributed by atoms with E-state index in [1.54, 1.807) is 70.1 Å². The van der Waals surface area contributed by atoms with E-state index in [0.717, 1.165) is 11.5 Å². The van der Waals surface area contributed by atoms with Crippen LogP contribution in [0.25, 0.3) is 0 Å². The van der Waals surface area contributed by atoms with Crippen molar-refractivity contribution in [3.05, 3.63) is 59.7 Å². The predicted octanol–water partition coefficient (Wildman–Crippen LogP) is 4.43. The largest absolute Gasteiger partial charge is 0.493 e. The molecule has 0 aliphatic heterocycles. The number of ether oxygens (including phenoxy) is 2.